The molecule has 0 unspecified atom stereocenters. The Labute approximate surface area is 165 Å². The topological polar surface area (TPSA) is 80.3 Å². The molecule has 1 amide bonds. The van der Waals surface area contributed by atoms with Crippen molar-refractivity contribution in [3.63, 3.8) is 0 Å². The highest BCUT2D eigenvalue weighted by Gasteiger charge is 2.12. The molecule has 0 fully saturated rings. The van der Waals surface area contributed by atoms with Crippen molar-refractivity contribution in [2.75, 3.05) is 17.2 Å². The fourth-order valence-electron chi connectivity index (χ4n) is 2.49. The van der Waals surface area contributed by atoms with Gasteiger partial charge in [0, 0.05) is 17.6 Å². The predicted molar refractivity (Wildman–Crippen MR) is 104 cm³/mol. The number of nitrogens with zero attached hydrogens (tertiary/aromatic N) is 1. The predicted octanol–water partition coefficient (Wildman–Crippen LogP) is 4.53. The lowest BCUT2D eigenvalue weighted by Crippen LogP contribution is -2.14. The summed E-state index contributed by atoms with van der Waals surface area (Å²) in [6, 6.07) is 12.5. The zero-order chi connectivity index (χ0) is 20.8. The van der Waals surface area contributed by atoms with E-state index in [0.717, 1.165) is 12.1 Å². The second kappa shape index (κ2) is 8.92. The highest BCUT2D eigenvalue weighted by Crippen LogP contribution is 2.23. The molecule has 2 N–H and O–H groups in total. The number of carbonyl (C=O) groups excluding carboxylic acids is 2. The summed E-state index contributed by atoms with van der Waals surface area (Å²) in [7, 11) is 0. The molecule has 3 aromatic rings. The van der Waals surface area contributed by atoms with Crippen LogP contribution in [0.1, 0.15) is 27.8 Å². The number of nitrogens with one attached hydrogen (secondary N) is 2. The Balaban J connectivity index is 1.72. The Hall–Kier alpha value is -3.81. The second-order valence-electron chi connectivity index (χ2n) is 5.90. The molecule has 3 rings (SSSR count). The van der Waals surface area contributed by atoms with Crippen molar-refractivity contribution >= 4 is 28.9 Å². The first kappa shape index (κ1) is 19.9. The number of carbonyl (C=O) groups is 2. The van der Waals surface area contributed by atoms with Crippen LogP contribution in [0, 0.1) is 11.6 Å². The maximum Gasteiger partial charge on any atom is 0.338 e. The van der Waals surface area contributed by atoms with E-state index in [9.17, 15) is 18.4 Å². The number of benzene rings is 2. The summed E-state index contributed by atoms with van der Waals surface area (Å²) < 4.78 is 32.5. The number of amides is 1. The Bertz CT molecular complexity index is 1020. The van der Waals surface area contributed by atoms with Gasteiger partial charge in [0.1, 0.15) is 23.0 Å². The number of hydrogen-bond acceptors (Lipinski definition) is 5. The molecule has 0 bridgehead atoms. The second-order valence-corrected chi connectivity index (χ2v) is 5.90. The maximum atomic E-state index is 13.8. The van der Waals surface area contributed by atoms with Gasteiger partial charge in [-0.3, -0.25) is 9.78 Å². The van der Waals surface area contributed by atoms with Gasteiger partial charge >= 0.3 is 5.97 Å². The minimum atomic E-state index is -0.755. The van der Waals surface area contributed by atoms with Crippen molar-refractivity contribution in [2.45, 2.75) is 6.92 Å². The molecule has 0 atom stereocenters. The summed E-state index contributed by atoms with van der Waals surface area (Å²) in [5, 5.41) is 5.25. The summed E-state index contributed by atoms with van der Waals surface area (Å²) in [4.78, 5) is 28.1. The van der Waals surface area contributed by atoms with Crippen LogP contribution in [0.3, 0.4) is 0 Å². The number of para-hydroxylation sites is 1. The molecule has 1 heterocycles. The Morgan fingerprint density at radius 3 is 2.34 bits per heavy atom. The van der Waals surface area contributed by atoms with Gasteiger partial charge in [0.05, 0.1) is 12.2 Å². The van der Waals surface area contributed by atoms with Gasteiger partial charge in [-0.15, -0.1) is 0 Å². The van der Waals surface area contributed by atoms with E-state index < -0.39 is 23.5 Å². The van der Waals surface area contributed by atoms with Crippen molar-refractivity contribution in [3.8, 4) is 0 Å². The molecule has 6 nitrogen and oxygen atoms in total. The van der Waals surface area contributed by atoms with Gasteiger partial charge < -0.3 is 15.4 Å². The lowest BCUT2D eigenvalue weighted by atomic mass is 10.2. The molecule has 0 saturated carbocycles. The number of ether oxygens (including phenoxy) is 1. The monoisotopic (exact) mass is 397 g/mol. The van der Waals surface area contributed by atoms with Gasteiger partial charge in [0.2, 0.25) is 0 Å². The van der Waals surface area contributed by atoms with Crippen LogP contribution in [0.15, 0.2) is 60.8 Å². The van der Waals surface area contributed by atoms with E-state index in [2.05, 4.69) is 15.6 Å². The standard InChI is InChI=1S/C21H17F2N3O3/c1-2-29-21(28)13-6-8-14(9-7-13)26-20(27)18-12-15(10-11-24-18)25-19-16(22)4-3-5-17(19)23/h3-12H,2H2,1H3,(H,24,25)(H,26,27). The van der Waals surface area contributed by atoms with Crippen LogP contribution in [0.25, 0.3) is 0 Å². The van der Waals surface area contributed by atoms with Crippen LogP contribution in [0.5, 0.6) is 0 Å². The number of halogens is 2. The highest BCUT2D eigenvalue weighted by molar-refractivity contribution is 6.03. The molecule has 0 spiro atoms. The molecule has 0 aliphatic heterocycles. The van der Waals surface area contributed by atoms with Crippen LogP contribution < -0.4 is 10.6 Å². The van der Waals surface area contributed by atoms with Crippen LogP contribution in [0.4, 0.5) is 25.8 Å². The summed E-state index contributed by atoms with van der Waals surface area (Å²) in [5.41, 5.74) is 0.831. The maximum absolute atomic E-state index is 13.8. The smallest absolute Gasteiger partial charge is 0.338 e. The van der Waals surface area contributed by atoms with E-state index >= 15 is 0 Å². The zero-order valence-corrected chi connectivity index (χ0v) is 15.4. The summed E-state index contributed by atoms with van der Waals surface area (Å²) in [5.74, 6) is -2.48. The van der Waals surface area contributed by atoms with E-state index in [1.54, 1.807) is 19.1 Å². The fourth-order valence-corrected chi connectivity index (χ4v) is 2.49. The molecule has 29 heavy (non-hydrogen) atoms. The first-order chi connectivity index (χ1) is 14.0. The van der Waals surface area contributed by atoms with Gasteiger partial charge in [-0.05, 0) is 55.5 Å². The van der Waals surface area contributed by atoms with Gasteiger partial charge in [-0.25, -0.2) is 13.6 Å². The van der Waals surface area contributed by atoms with Gasteiger partial charge in [0.25, 0.3) is 5.91 Å². The molecule has 0 aliphatic rings. The molecular formula is C21H17F2N3O3. The molecular weight excluding hydrogens is 380 g/mol. The third-order valence-electron chi connectivity index (χ3n) is 3.88. The third-order valence-corrected chi connectivity index (χ3v) is 3.88. The molecule has 8 heteroatoms. The van der Waals surface area contributed by atoms with Crippen molar-refractivity contribution in [1.29, 1.82) is 0 Å². The molecule has 2 aromatic carbocycles. The van der Waals surface area contributed by atoms with E-state index in [4.69, 9.17) is 4.74 Å². The van der Waals surface area contributed by atoms with Crippen molar-refractivity contribution < 1.29 is 23.1 Å². The normalized spacial score (nSPS) is 10.3. The van der Waals surface area contributed by atoms with Gasteiger partial charge in [0.15, 0.2) is 0 Å². The van der Waals surface area contributed by atoms with Crippen LogP contribution >= 0.6 is 0 Å². The van der Waals surface area contributed by atoms with Gasteiger partial charge in [-0.2, -0.15) is 0 Å². The van der Waals surface area contributed by atoms with Crippen LogP contribution in [-0.4, -0.2) is 23.5 Å². The minimum Gasteiger partial charge on any atom is -0.462 e. The summed E-state index contributed by atoms with van der Waals surface area (Å²) >= 11 is 0. The van der Waals surface area contributed by atoms with Crippen LogP contribution in [0.2, 0.25) is 0 Å². The first-order valence-corrected chi connectivity index (χ1v) is 8.73. The average molecular weight is 397 g/mol. The van der Waals surface area contributed by atoms with Crippen molar-refractivity contribution in [2.24, 2.45) is 0 Å². The van der Waals surface area contributed by atoms with E-state index in [1.165, 1.54) is 36.5 Å². The van der Waals surface area contributed by atoms with E-state index in [0.29, 0.717) is 16.9 Å². The van der Waals surface area contributed by atoms with Crippen LogP contribution in [-0.2, 0) is 4.74 Å². The van der Waals surface area contributed by atoms with E-state index in [1.807, 2.05) is 0 Å². The van der Waals surface area contributed by atoms with Gasteiger partial charge in [-0.1, -0.05) is 6.07 Å². The fraction of sp³-hybridized carbons (Fsp3) is 0.0952. The number of rotatable bonds is 6. The Kier molecular flexibility index (Phi) is 6.13. The number of aromatic nitrogens is 1. The molecule has 0 saturated heterocycles. The summed E-state index contributed by atoms with van der Waals surface area (Å²) in [6.45, 7) is 1.98. The quantitative estimate of drug-likeness (QED) is 0.598. The average Bonchev–Trinajstić information content (AvgIpc) is 2.72. The largest absolute Gasteiger partial charge is 0.462 e. The SMILES string of the molecule is CCOC(=O)c1ccc(NC(=O)c2cc(Nc3c(F)cccc3F)ccn2)cc1. The number of esters is 1. The first-order valence-electron chi connectivity index (χ1n) is 8.73. The molecule has 148 valence electrons. The number of hydrogen-bond donors (Lipinski definition) is 2. The molecule has 0 radical (unpaired) electrons. The Morgan fingerprint density at radius 1 is 1.00 bits per heavy atom. The van der Waals surface area contributed by atoms with Crippen molar-refractivity contribution in [1.82, 2.24) is 4.98 Å². The van der Waals surface area contributed by atoms with Crippen molar-refractivity contribution in [3.05, 3.63) is 83.7 Å². The highest BCUT2D eigenvalue weighted by atomic mass is 19.1. The Morgan fingerprint density at radius 2 is 1.69 bits per heavy atom. The lowest BCUT2D eigenvalue weighted by molar-refractivity contribution is 0.0526. The zero-order valence-electron chi connectivity index (χ0n) is 15.4. The summed E-state index contributed by atoms with van der Waals surface area (Å²) in [6.07, 6.45) is 1.35. The lowest BCUT2D eigenvalue weighted by Gasteiger charge is -2.10. The molecule has 0 aliphatic carbocycles. The van der Waals surface area contributed by atoms with E-state index in [-0.39, 0.29) is 18.0 Å². The number of anilines is 3. The third kappa shape index (κ3) is 4.92. The number of pyridine rings is 1. The minimum absolute atomic E-state index is 0.0428. The molecule has 1 aromatic heterocycles.